The van der Waals surface area contributed by atoms with E-state index in [9.17, 15) is 9.59 Å². The number of ether oxygens (including phenoxy) is 3. The van der Waals surface area contributed by atoms with Gasteiger partial charge in [0.25, 0.3) is 0 Å². The number of methoxy groups -OCH3 is 1. The SMILES string of the molecule is COc1ccc(C2=NN(Cc3ccc(NC(=O)OCCCCCCN(C)C)cc3)C(=O)SC2)cc1OC1CCCC1. The van der Waals surface area contributed by atoms with Gasteiger partial charge >= 0.3 is 11.3 Å². The van der Waals surface area contributed by atoms with Gasteiger partial charge in [0.1, 0.15) is 0 Å². The Hall–Kier alpha value is -3.24. The molecule has 1 heterocycles. The van der Waals surface area contributed by atoms with Crippen molar-refractivity contribution in [3.05, 3.63) is 53.6 Å². The molecule has 1 fully saturated rings. The largest absolute Gasteiger partial charge is 0.493 e. The van der Waals surface area contributed by atoms with Crippen molar-refractivity contribution >= 4 is 34.5 Å². The quantitative estimate of drug-likeness (QED) is 0.246. The van der Waals surface area contributed by atoms with Crippen molar-refractivity contribution in [2.75, 3.05) is 45.4 Å². The van der Waals surface area contributed by atoms with Crippen LogP contribution in [-0.2, 0) is 11.3 Å². The molecular weight excluding hydrogens is 540 g/mol. The van der Waals surface area contributed by atoms with Crippen molar-refractivity contribution in [3.8, 4) is 11.5 Å². The first-order valence-electron chi connectivity index (χ1n) is 14.5. The van der Waals surface area contributed by atoms with Crippen LogP contribution in [-0.4, -0.2) is 73.2 Å². The number of nitrogens with zero attached hydrogens (tertiary/aromatic N) is 3. The topological polar surface area (TPSA) is 92.7 Å². The van der Waals surface area contributed by atoms with Crippen LogP contribution in [0.25, 0.3) is 0 Å². The van der Waals surface area contributed by atoms with E-state index in [1.165, 1.54) is 29.6 Å². The molecule has 0 saturated heterocycles. The van der Waals surface area contributed by atoms with Gasteiger partial charge in [-0.25, -0.2) is 9.80 Å². The Bertz CT molecular complexity index is 1180. The highest BCUT2D eigenvalue weighted by molar-refractivity contribution is 8.14. The Morgan fingerprint density at radius 3 is 2.54 bits per heavy atom. The summed E-state index contributed by atoms with van der Waals surface area (Å²) in [7, 11) is 5.79. The highest BCUT2D eigenvalue weighted by atomic mass is 32.2. The van der Waals surface area contributed by atoms with Crippen molar-refractivity contribution in [1.82, 2.24) is 9.91 Å². The molecule has 0 bridgehead atoms. The molecule has 2 aromatic carbocycles. The van der Waals surface area contributed by atoms with Crippen molar-refractivity contribution in [3.63, 3.8) is 0 Å². The summed E-state index contributed by atoms with van der Waals surface area (Å²) < 4.78 is 17.1. The number of benzene rings is 2. The van der Waals surface area contributed by atoms with Crippen LogP contribution in [0.15, 0.2) is 47.6 Å². The van der Waals surface area contributed by atoms with Gasteiger partial charge in [-0.05, 0) is 95.1 Å². The Labute approximate surface area is 247 Å². The maximum Gasteiger partial charge on any atom is 0.411 e. The average Bonchev–Trinajstić information content (AvgIpc) is 3.48. The molecule has 2 aromatic rings. The summed E-state index contributed by atoms with van der Waals surface area (Å²) in [4.78, 5) is 27.0. The van der Waals surface area contributed by atoms with E-state index >= 15 is 0 Å². The maximum atomic E-state index is 12.7. The lowest BCUT2D eigenvalue weighted by molar-refractivity contribution is 0.159. The number of nitrogens with one attached hydrogen (secondary N) is 1. The molecule has 2 amide bonds. The van der Waals surface area contributed by atoms with E-state index in [-0.39, 0.29) is 11.3 Å². The average molecular weight is 583 g/mol. The number of amides is 2. The molecule has 10 heteroatoms. The van der Waals surface area contributed by atoms with Crippen molar-refractivity contribution in [1.29, 1.82) is 0 Å². The van der Waals surface area contributed by atoms with Gasteiger partial charge in [0, 0.05) is 17.0 Å². The van der Waals surface area contributed by atoms with Crippen molar-refractivity contribution in [2.45, 2.75) is 64.0 Å². The van der Waals surface area contributed by atoms with E-state index in [0.717, 1.165) is 67.7 Å². The zero-order valence-corrected chi connectivity index (χ0v) is 25.2. The summed E-state index contributed by atoms with van der Waals surface area (Å²) in [5.41, 5.74) is 3.27. The molecule has 41 heavy (non-hydrogen) atoms. The summed E-state index contributed by atoms with van der Waals surface area (Å²) in [6.45, 7) is 1.81. The minimum Gasteiger partial charge on any atom is -0.493 e. The van der Waals surface area contributed by atoms with Crippen LogP contribution in [0.2, 0.25) is 0 Å². The summed E-state index contributed by atoms with van der Waals surface area (Å²) in [6.07, 6.45) is 8.41. The molecule has 0 atom stereocenters. The molecule has 1 aliphatic carbocycles. The Morgan fingerprint density at radius 2 is 1.80 bits per heavy atom. The molecule has 4 rings (SSSR count). The zero-order valence-electron chi connectivity index (χ0n) is 24.4. The molecule has 0 unspecified atom stereocenters. The maximum absolute atomic E-state index is 12.7. The molecule has 1 saturated carbocycles. The minimum absolute atomic E-state index is 0.0998. The zero-order chi connectivity index (χ0) is 29.0. The Kier molecular flexibility index (Phi) is 11.7. The van der Waals surface area contributed by atoms with E-state index in [4.69, 9.17) is 14.2 Å². The van der Waals surface area contributed by atoms with Gasteiger partial charge < -0.3 is 19.1 Å². The molecular formula is C31H42N4O5S. The fraction of sp³-hybridized carbons (Fsp3) is 0.516. The standard InChI is InChI=1S/C31H42N4O5S/c1-34(2)18-8-4-5-9-19-39-30(36)32-25-15-12-23(13-16-25)21-35-31(37)41-22-27(33-35)24-14-17-28(38-3)29(20-24)40-26-10-6-7-11-26/h12-17,20,26H,4-11,18-19,21-22H2,1-3H3,(H,32,36). The molecule has 222 valence electrons. The lowest BCUT2D eigenvalue weighted by atomic mass is 10.1. The van der Waals surface area contributed by atoms with Crippen molar-refractivity contribution < 1.29 is 23.8 Å². The number of carbonyl (C=O) groups is 2. The van der Waals surface area contributed by atoms with Crippen LogP contribution < -0.4 is 14.8 Å². The van der Waals surface area contributed by atoms with Gasteiger partial charge in [-0.2, -0.15) is 5.10 Å². The Balaban J connectivity index is 1.29. The number of hydrogen-bond acceptors (Lipinski definition) is 8. The van der Waals surface area contributed by atoms with Gasteiger partial charge in [-0.3, -0.25) is 10.1 Å². The second-order valence-corrected chi connectivity index (χ2v) is 11.7. The van der Waals surface area contributed by atoms with Crippen LogP contribution in [0.1, 0.15) is 62.5 Å². The van der Waals surface area contributed by atoms with Crippen LogP contribution in [0, 0.1) is 0 Å². The lowest BCUT2D eigenvalue weighted by Crippen LogP contribution is -2.29. The molecule has 1 aliphatic heterocycles. The fourth-order valence-corrected chi connectivity index (χ4v) is 5.60. The predicted molar refractivity (Wildman–Crippen MR) is 164 cm³/mol. The van der Waals surface area contributed by atoms with Gasteiger partial charge in [0.05, 0.1) is 32.1 Å². The van der Waals surface area contributed by atoms with Crippen LogP contribution in [0.4, 0.5) is 15.3 Å². The van der Waals surface area contributed by atoms with Gasteiger partial charge in [0.15, 0.2) is 11.5 Å². The third kappa shape index (κ3) is 9.67. The van der Waals surface area contributed by atoms with E-state index in [1.807, 2.05) is 30.3 Å². The second-order valence-electron chi connectivity index (χ2n) is 10.7. The van der Waals surface area contributed by atoms with Crippen LogP contribution in [0.5, 0.6) is 11.5 Å². The number of carbonyl (C=O) groups excluding carboxylic acids is 2. The number of hydrazone groups is 1. The normalized spacial score (nSPS) is 15.7. The molecule has 0 radical (unpaired) electrons. The highest BCUT2D eigenvalue weighted by Gasteiger charge is 2.24. The van der Waals surface area contributed by atoms with Crippen molar-refractivity contribution in [2.24, 2.45) is 5.10 Å². The van der Waals surface area contributed by atoms with E-state index in [1.54, 1.807) is 19.2 Å². The second kappa shape index (κ2) is 15.7. The number of rotatable bonds is 14. The number of unbranched alkanes of at least 4 members (excludes halogenated alkanes) is 3. The van der Waals surface area contributed by atoms with E-state index in [2.05, 4.69) is 29.4 Å². The van der Waals surface area contributed by atoms with Gasteiger partial charge in [-0.1, -0.05) is 36.7 Å². The monoisotopic (exact) mass is 582 g/mol. The molecule has 1 N–H and O–H groups in total. The highest BCUT2D eigenvalue weighted by Crippen LogP contribution is 2.33. The number of hydrogen-bond donors (Lipinski definition) is 1. The van der Waals surface area contributed by atoms with Gasteiger partial charge in [-0.15, -0.1) is 0 Å². The fourth-order valence-electron chi connectivity index (χ4n) is 4.86. The molecule has 0 aromatic heterocycles. The Morgan fingerprint density at radius 1 is 1.05 bits per heavy atom. The summed E-state index contributed by atoms with van der Waals surface area (Å²) in [6, 6.07) is 13.2. The smallest absolute Gasteiger partial charge is 0.411 e. The third-order valence-electron chi connectivity index (χ3n) is 7.14. The van der Waals surface area contributed by atoms with Gasteiger partial charge in [0.2, 0.25) is 0 Å². The molecule has 2 aliphatic rings. The first-order chi connectivity index (χ1) is 19.9. The predicted octanol–water partition coefficient (Wildman–Crippen LogP) is 6.76. The third-order valence-corrected chi connectivity index (χ3v) is 8.02. The summed E-state index contributed by atoms with van der Waals surface area (Å²) in [5, 5.41) is 8.84. The van der Waals surface area contributed by atoms with Crippen LogP contribution in [0.3, 0.4) is 0 Å². The van der Waals surface area contributed by atoms with E-state index < -0.39 is 6.09 Å². The summed E-state index contributed by atoms with van der Waals surface area (Å²) >= 11 is 1.23. The first-order valence-corrected chi connectivity index (χ1v) is 15.4. The van der Waals surface area contributed by atoms with E-state index in [0.29, 0.717) is 30.3 Å². The van der Waals surface area contributed by atoms with Crippen LogP contribution >= 0.6 is 11.8 Å². The molecule has 9 nitrogen and oxygen atoms in total. The number of anilines is 1. The molecule has 0 spiro atoms. The number of thioether (sulfide) groups is 1. The minimum atomic E-state index is -0.460. The lowest BCUT2D eigenvalue weighted by Gasteiger charge is -2.24. The first kappa shape index (κ1) is 30.7. The summed E-state index contributed by atoms with van der Waals surface area (Å²) in [5.74, 6) is 1.91.